The number of esters is 2. The van der Waals surface area contributed by atoms with Crippen LogP contribution in [0.15, 0.2) is 41.1 Å². The maximum absolute atomic E-state index is 11.9. The Morgan fingerprint density at radius 2 is 1.83 bits per heavy atom. The summed E-state index contributed by atoms with van der Waals surface area (Å²) in [6.45, 7) is 1.64. The van der Waals surface area contributed by atoms with Crippen molar-refractivity contribution in [2.45, 2.75) is 6.92 Å². The lowest BCUT2D eigenvalue weighted by molar-refractivity contribution is -0.139. The van der Waals surface area contributed by atoms with Crippen LogP contribution in [0.2, 0.25) is 0 Å². The van der Waals surface area contributed by atoms with E-state index in [0.29, 0.717) is 11.3 Å². The average Bonchev–Trinajstić information content (AvgIpc) is 2.57. The number of thiocarbonyl (C=S) groups is 1. The van der Waals surface area contributed by atoms with Gasteiger partial charge in [-0.05, 0) is 49.0 Å². The average molecular weight is 351 g/mol. The van der Waals surface area contributed by atoms with Crippen LogP contribution in [0.3, 0.4) is 0 Å². The smallest absolute Gasteiger partial charge is 0.357 e. The van der Waals surface area contributed by atoms with Crippen LogP contribution in [0.25, 0.3) is 0 Å². The number of carbonyl (C=O) groups excluding carboxylic acids is 2. The molecule has 0 bridgehead atoms. The summed E-state index contributed by atoms with van der Waals surface area (Å²) in [5.74, 6) is -1.57. The standard InChI is InChI=1S/C15H17N3O5S/c1-9(10-4-6-11(19)7-5-10)17-18(15(16)24)12(14(21)23-3)8-13(20)22-2/h4-8,19H,1-3H3,(H2,16,24)/b12-8-,17-9+. The lowest BCUT2D eigenvalue weighted by Gasteiger charge is -2.19. The van der Waals surface area contributed by atoms with Crippen LogP contribution in [0, 0.1) is 0 Å². The van der Waals surface area contributed by atoms with E-state index in [9.17, 15) is 14.7 Å². The van der Waals surface area contributed by atoms with Gasteiger partial charge < -0.3 is 20.3 Å². The van der Waals surface area contributed by atoms with Gasteiger partial charge in [-0.1, -0.05) is 0 Å². The van der Waals surface area contributed by atoms with Crippen molar-refractivity contribution >= 4 is 35.0 Å². The van der Waals surface area contributed by atoms with Gasteiger partial charge in [0.15, 0.2) is 10.8 Å². The Kier molecular flexibility index (Phi) is 6.87. The van der Waals surface area contributed by atoms with Gasteiger partial charge in [-0.25, -0.2) is 9.59 Å². The summed E-state index contributed by atoms with van der Waals surface area (Å²) in [6, 6.07) is 6.19. The number of carbonyl (C=O) groups is 2. The number of ether oxygens (including phenoxy) is 2. The lowest BCUT2D eigenvalue weighted by atomic mass is 10.1. The van der Waals surface area contributed by atoms with Crippen molar-refractivity contribution in [3.05, 3.63) is 41.6 Å². The first kappa shape index (κ1) is 19.1. The Morgan fingerprint density at radius 3 is 2.29 bits per heavy atom. The molecule has 0 atom stereocenters. The van der Waals surface area contributed by atoms with E-state index >= 15 is 0 Å². The van der Waals surface area contributed by atoms with Gasteiger partial charge in [0.25, 0.3) is 0 Å². The van der Waals surface area contributed by atoms with Gasteiger partial charge in [0.1, 0.15) is 5.75 Å². The van der Waals surface area contributed by atoms with E-state index < -0.39 is 11.9 Å². The van der Waals surface area contributed by atoms with Gasteiger partial charge in [0.05, 0.1) is 26.0 Å². The molecule has 9 heteroatoms. The molecule has 0 heterocycles. The number of nitrogens with zero attached hydrogens (tertiary/aromatic N) is 2. The summed E-state index contributed by atoms with van der Waals surface area (Å²) in [6.07, 6.45) is 0.874. The van der Waals surface area contributed by atoms with E-state index in [0.717, 1.165) is 25.3 Å². The molecule has 24 heavy (non-hydrogen) atoms. The molecule has 0 saturated carbocycles. The highest BCUT2D eigenvalue weighted by Crippen LogP contribution is 2.14. The molecule has 0 spiro atoms. The number of phenolic OH excluding ortho intramolecular Hbond substituents is 1. The van der Waals surface area contributed by atoms with E-state index in [4.69, 9.17) is 18.0 Å². The second kappa shape index (κ2) is 8.63. The first-order chi connectivity index (χ1) is 11.3. The van der Waals surface area contributed by atoms with Crippen molar-refractivity contribution in [1.29, 1.82) is 0 Å². The van der Waals surface area contributed by atoms with Crippen LogP contribution in [0.5, 0.6) is 5.75 Å². The molecule has 1 aromatic carbocycles. The second-order valence-electron chi connectivity index (χ2n) is 4.43. The Morgan fingerprint density at radius 1 is 1.25 bits per heavy atom. The maximum atomic E-state index is 11.9. The lowest BCUT2D eigenvalue weighted by Crippen LogP contribution is -2.35. The zero-order valence-electron chi connectivity index (χ0n) is 13.3. The zero-order chi connectivity index (χ0) is 18.3. The molecule has 1 aromatic rings. The van der Waals surface area contributed by atoms with Gasteiger partial charge >= 0.3 is 11.9 Å². The maximum Gasteiger partial charge on any atom is 0.357 e. The van der Waals surface area contributed by atoms with Crippen molar-refractivity contribution in [3.63, 3.8) is 0 Å². The van der Waals surface area contributed by atoms with Crippen LogP contribution < -0.4 is 5.73 Å². The number of hydrogen-bond donors (Lipinski definition) is 2. The van der Waals surface area contributed by atoms with Gasteiger partial charge in [-0.2, -0.15) is 10.1 Å². The molecule has 0 amide bonds. The monoisotopic (exact) mass is 351 g/mol. The van der Waals surface area contributed by atoms with Crippen molar-refractivity contribution in [3.8, 4) is 5.75 Å². The molecule has 0 aliphatic heterocycles. The van der Waals surface area contributed by atoms with Crippen LogP contribution in [-0.2, 0) is 19.1 Å². The normalized spacial score (nSPS) is 11.6. The number of rotatable bonds is 5. The molecule has 0 aromatic heterocycles. The quantitative estimate of drug-likeness (QED) is 0.264. The molecular formula is C15H17N3O5S. The summed E-state index contributed by atoms with van der Waals surface area (Å²) < 4.78 is 9.12. The minimum Gasteiger partial charge on any atom is -0.508 e. The molecular weight excluding hydrogens is 334 g/mol. The molecule has 8 nitrogen and oxygen atoms in total. The summed E-state index contributed by atoms with van der Waals surface area (Å²) in [4.78, 5) is 23.4. The van der Waals surface area contributed by atoms with Crippen molar-refractivity contribution in [2.24, 2.45) is 10.8 Å². The minimum atomic E-state index is -0.865. The zero-order valence-corrected chi connectivity index (χ0v) is 14.2. The predicted octanol–water partition coefficient (Wildman–Crippen LogP) is 0.892. The molecule has 3 N–H and O–H groups in total. The number of benzene rings is 1. The summed E-state index contributed by atoms with van der Waals surface area (Å²) in [7, 11) is 2.30. The fourth-order valence-electron chi connectivity index (χ4n) is 1.61. The van der Waals surface area contributed by atoms with Gasteiger partial charge in [0, 0.05) is 0 Å². The number of nitrogens with two attached hydrogens (primary N) is 1. The molecule has 0 radical (unpaired) electrons. The van der Waals surface area contributed by atoms with Crippen LogP contribution in [0.4, 0.5) is 0 Å². The first-order valence-electron chi connectivity index (χ1n) is 6.62. The van der Waals surface area contributed by atoms with Crippen molar-refractivity contribution in [2.75, 3.05) is 14.2 Å². The topological polar surface area (TPSA) is 114 Å². The first-order valence-corrected chi connectivity index (χ1v) is 7.03. The van der Waals surface area contributed by atoms with Gasteiger partial charge in [-0.3, -0.25) is 0 Å². The van der Waals surface area contributed by atoms with Crippen molar-refractivity contribution < 1.29 is 24.2 Å². The number of hydrogen-bond acceptors (Lipinski definition) is 7. The highest BCUT2D eigenvalue weighted by molar-refractivity contribution is 7.80. The molecule has 0 aliphatic rings. The number of hydrazone groups is 1. The predicted molar refractivity (Wildman–Crippen MR) is 91.1 cm³/mol. The van der Waals surface area contributed by atoms with E-state index in [2.05, 4.69) is 14.6 Å². The molecule has 1 rings (SSSR count). The fourth-order valence-corrected chi connectivity index (χ4v) is 1.75. The third-order valence-electron chi connectivity index (χ3n) is 2.82. The molecule has 0 fully saturated rings. The van der Waals surface area contributed by atoms with E-state index in [1.54, 1.807) is 19.1 Å². The minimum absolute atomic E-state index is 0.0959. The third kappa shape index (κ3) is 5.06. The van der Waals surface area contributed by atoms with Crippen LogP contribution in [-0.4, -0.2) is 47.1 Å². The van der Waals surface area contributed by atoms with Gasteiger partial charge in [-0.15, -0.1) is 0 Å². The molecule has 0 aliphatic carbocycles. The number of methoxy groups -OCH3 is 2. The number of phenols is 1. The molecule has 0 saturated heterocycles. The summed E-state index contributed by atoms with van der Waals surface area (Å²) in [5.41, 5.74) is 6.39. The SMILES string of the molecule is COC(=O)/C=C(/C(=O)OC)N(/N=C(\C)c1ccc(O)cc1)C(N)=S. The van der Waals surface area contributed by atoms with Crippen LogP contribution in [0.1, 0.15) is 12.5 Å². The highest BCUT2D eigenvalue weighted by Gasteiger charge is 2.22. The summed E-state index contributed by atoms with van der Waals surface area (Å²) >= 11 is 4.89. The highest BCUT2D eigenvalue weighted by atomic mass is 32.1. The van der Waals surface area contributed by atoms with Gasteiger partial charge in [0.2, 0.25) is 0 Å². The van der Waals surface area contributed by atoms with Crippen LogP contribution >= 0.6 is 12.2 Å². The van der Waals surface area contributed by atoms with E-state index in [-0.39, 0.29) is 16.6 Å². The Hall–Kier alpha value is -2.94. The molecule has 0 unspecified atom stereocenters. The molecule has 128 valence electrons. The van der Waals surface area contributed by atoms with E-state index in [1.807, 2.05) is 0 Å². The third-order valence-corrected chi connectivity index (χ3v) is 3.00. The Bertz CT molecular complexity index is 698. The summed E-state index contributed by atoms with van der Waals surface area (Å²) in [5, 5.41) is 14.1. The second-order valence-corrected chi connectivity index (χ2v) is 4.84. The Labute approximate surface area is 144 Å². The van der Waals surface area contributed by atoms with Crippen molar-refractivity contribution in [1.82, 2.24) is 5.01 Å². The number of aromatic hydroxyl groups is 1. The Balaban J connectivity index is 3.32. The van der Waals surface area contributed by atoms with E-state index in [1.165, 1.54) is 12.1 Å². The fraction of sp³-hybridized carbons (Fsp3) is 0.200. The largest absolute Gasteiger partial charge is 0.508 e.